The number of halogens is 1. The number of carbonyl (C=O) groups is 1. The average molecular weight is 413 g/mol. The van der Waals surface area contributed by atoms with Gasteiger partial charge in [-0.05, 0) is 42.8 Å². The van der Waals surface area contributed by atoms with Gasteiger partial charge in [0.15, 0.2) is 16.7 Å². The number of imidazole rings is 1. The molecule has 0 saturated heterocycles. The normalized spacial score (nSPS) is 13.7. The van der Waals surface area contributed by atoms with Gasteiger partial charge in [-0.2, -0.15) is 0 Å². The second-order valence-electron chi connectivity index (χ2n) is 6.54. The SMILES string of the molecule is CC(NC(=O)CSc1nccn1-c1cccc(F)c1)c1ccc2c(c1)OCCO2. The Bertz CT molecular complexity index is 1020. The van der Waals surface area contributed by atoms with Crippen molar-refractivity contribution < 1.29 is 18.7 Å². The number of amides is 1. The molecular weight excluding hydrogens is 393 g/mol. The molecule has 1 aromatic heterocycles. The standard InChI is InChI=1S/C21H20FN3O3S/c1-14(15-5-6-18-19(11-15)28-10-9-27-18)24-20(26)13-29-21-23-7-8-25(21)17-4-2-3-16(22)12-17/h2-8,11-12,14H,9-10,13H2,1H3,(H,24,26). The summed E-state index contributed by atoms with van der Waals surface area (Å²) in [5.74, 6) is 1.17. The van der Waals surface area contributed by atoms with Gasteiger partial charge in [0.05, 0.1) is 17.5 Å². The van der Waals surface area contributed by atoms with Crippen LogP contribution in [-0.4, -0.2) is 34.4 Å². The number of ether oxygens (including phenoxy) is 2. The van der Waals surface area contributed by atoms with E-state index in [4.69, 9.17) is 9.47 Å². The maximum absolute atomic E-state index is 13.5. The van der Waals surface area contributed by atoms with Gasteiger partial charge in [0.25, 0.3) is 0 Å². The number of fused-ring (bicyclic) bond motifs is 1. The van der Waals surface area contributed by atoms with Gasteiger partial charge in [-0.15, -0.1) is 0 Å². The van der Waals surface area contributed by atoms with Crippen LogP contribution in [0.1, 0.15) is 18.5 Å². The average Bonchev–Trinajstić information content (AvgIpc) is 3.20. The van der Waals surface area contributed by atoms with Crippen molar-refractivity contribution in [2.24, 2.45) is 0 Å². The molecule has 6 nitrogen and oxygen atoms in total. The summed E-state index contributed by atoms with van der Waals surface area (Å²) in [5.41, 5.74) is 1.60. The summed E-state index contributed by atoms with van der Waals surface area (Å²) in [6, 6.07) is 11.7. The molecule has 2 heterocycles. The highest BCUT2D eigenvalue weighted by Crippen LogP contribution is 2.32. The number of rotatable bonds is 6. The molecule has 0 radical (unpaired) electrons. The lowest BCUT2D eigenvalue weighted by atomic mass is 10.1. The third-order valence-corrected chi connectivity index (χ3v) is 5.44. The Morgan fingerprint density at radius 1 is 1.24 bits per heavy atom. The molecule has 150 valence electrons. The van der Waals surface area contributed by atoms with Crippen molar-refractivity contribution >= 4 is 17.7 Å². The molecule has 1 amide bonds. The van der Waals surface area contributed by atoms with E-state index < -0.39 is 0 Å². The van der Waals surface area contributed by atoms with Crippen LogP contribution < -0.4 is 14.8 Å². The first kappa shape index (κ1) is 19.3. The fourth-order valence-corrected chi connectivity index (χ4v) is 3.83. The van der Waals surface area contributed by atoms with Crippen LogP contribution in [0.2, 0.25) is 0 Å². The number of hydrogen-bond acceptors (Lipinski definition) is 5. The summed E-state index contributed by atoms with van der Waals surface area (Å²) in [4.78, 5) is 16.7. The fourth-order valence-electron chi connectivity index (χ4n) is 3.04. The highest BCUT2D eigenvalue weighted by Gasteiger charge is 2.16. The highest BCUT2D eigenvalue weighted by molar-refractivity contribution is 7.99. The van der Waals surface area contributed by atoms with Gasteiger partial charge >= 0.3 is 0 Å². The summed E-state index contributed by atoms with van der Waals surface area (Å²) in [5, 5.41) is 3.60. The second-order valence-corrected chi connectivity index (χ2v) is 7.48. The summed E-state index contributed by atoms with van der Waals surface area (Å²) >= 11 is 1.30. The van der Waals surface area contributed by atoms with Gasteiger partial charge in [0.1, 0.15) is 19.0 Å². The Balaban J connectivity index is 1.37. The quantitative estimate of drug-likeness (QED) is 0.624. The Hall–Kier alpha value is -3.00. The predicted octanol–water partition coefficient (Wildman–Crippen LogP) is 3.75. The first-order chi connectivity index (χ1) is 14.1. The van der Waals surface area contributed by atoms with Crippen LogP contribution in [0.4, 0.5) is 4.39 Å². The highest BCUT2D eigenvalue weighted by atomic mass is 32.2. The Labute approximate surface area is 172 Å². The number of carbonyl (C=O) groups excluding carboxylic acids is 1. The van der Waals surface area contributed by atoms with E-state index >= 15 is 0 Å². The van der Waals surface area contributed by atoms with Crippen LogP contribution in [0.25, 0.3) is 5.69 Å². The zero-order valence-electron chi connectivity index (χ0n) is 15.8. The van der Waals surface area contributed by atoms with E-state index in [0.717, 1.165) is 11.3 Å². The minimum Gasteiger partial charge on any atom is -0.486 e. The number of hydrogen-bond donors (Lipinski definition) is 1. The minimum absolute atomic E-state index is 0.119. The molecule has 1 N–H and O–H groups in total. The molecule has 0 saturated carbocycles. The Morgan fingerprint density at radius 3 is 2.90 bits per heavy atom. The molecule has 0 aliphatic carbocycles. The van der Waals surface area contributed by atoms with Gasteiger partial charge in [-0.1, -0.05) is 23.9 Å². The molecule has 4 rings (SSSR count). The van der Waals surface area contributed by atoms with E-state index in [-0.39, 0.29) is 23.5 Å². The first-order valence-electron chi connectivity index (χ1n) is 9.21. The molecule has 29 heavy (non-hydrogen) atoms. The van der Waals surface area contributed by atoms with Crippen molar-refractivity contribution in [1.82, 2.24) is 14.9 Å². The van der Waals surface area contributed by atoms with Crippen molar-refractivity contribution in [2.45, 2.75) is 18.1 Å². The molecule has 0 spiro atoms. The number of aromatic nitrogens is 2. The lowest BCUT2D eigenvalue weighted by Crippen LogP contribution is -2.28. The van der Waals surface area contributed by atoms with Crippen LogP contribution in [0, 0.1) is 5.82 Å². The number of nitrogens with one attached hydrogen (secondary N) is 1. The summed E-state index contributed by atoms with van der Waals surface area (Å²) in [6.45, 7) is 2.98. The van der Waals surface area contributed by atoms with Gasteiger partial charge in [0, 0.05) is 12.4 Å². The maximum atomic E-state index is 13.5. The van der Waals surface area contributed by atoms with Crippen LogP contribution in [-0.2, 0) is 4.79 Å². The zero-order valence-corrected chi connectivity index (χ0v) is 16.6. The van der Waals surface area contributed by atoms with Crippen LogP contribution in [0.5, 0.6) is 11.5 Å². The molecule has 1 unspecified atom stereocenters. The van der Waals surface area contributed by atoms with Crippen LogP contribution >= 0.6 is 11.8 Å². The smallest absolute Gasteiger partial charge is 0.230 e. The van der Waals surface area contributed by atoms with Crippen molar-refractivity contribution in [1.29, 1.82) is 0 Å². The van der Waals surface area contributed by atoms with Gasteiger partial charge in [0.2, 0.25) is 5.91 Å². The van der Waals surface area contributed by atoms with Gasteiger partial charge in [-0.3, -0.25) is 9.36 Å². The van der Waals surface area contributed by atoms with E-state index in [1.54, 1.807) is 29.1 Å². The van der Waals surface area contributed by atoms with E-state index in [1.165, 1.54) is 23.9 Å². The van der Waals surface area contributed by atoms with E-state index in [9.17, 15) is 9.18 Å². The van der Waals surface area contributed by atoms with E-state index in [1.807, 2.05) is 25.1 Å². The summed E-state index contributed by atoms with van der Waals surface area (Å²) in [6.07, 6.45) is 3.37. The molecule has 3 aromatic rings. The molecule has 1 aliphatic rings. The van der Waals surface area contributed by atoms with Crippen molar-refractivity contribution in [3.05, 3.63) is 66.2 Å². The fraction of sp³-hybridized carbons (Fsp3) is 0.238. The number of thioether (sulfide) groups is 1. The zero-order chi connectivity index (χ0) is 20.2. The Kier molecular flexibility index (Phi) is 5.71. The molecule has 0 bridgehead atoms. The van der Waals surface area contributed by atoms with Gasteiger partial charge in [-0.25, -0.2) is 9.37 Å². The molecule has 1 atom stereocenters. The summed E-state index contributed by atoms with van der Waals surface area (Å²) < 4.78 is 26.4. The topological polar surface area (TPSA) is 65.4 Å². The lowest BCUT2D eigenvalue weighted by Gasteiger charge is -2.21. The van der Waals surface area contributed by atoms with E-state index in [2.05, 4.69) is 10.3 Å². The molecule has 1 aliphatic heterocycles. The van der Waals surface area contributed by atoms with Crippen molar-refractivity contribution in [2.75, 3.05) is 19.0 Å². The van der Waals surface area contributed by atoms with E-state index in [0.29, 0.717) is 29.8 Å². The van der Waals surface area contributed by atoms with Gasteiger partial charge < -0.3 is 14.8 Å². The lowest BCUT2D eigenvalue weighted by molar-refractivity contribution is -0.119. The van der Waals surface area contributed by atoms with Crippen molar-refractivity contribution in [3.8, 4) is 17.2 Å². The summed E-state index contributed by atoms with van der Waals surface area (Å²) in [7, 11) is 0. The predicted molar refractivity (Wildman–Crippen MR) is 108 cm³/mol. The first-order valence-corrected chi connectivity index (χ1v) is 10.2. The minimum atomic E-state index is -0.321. The molecule has 2 aromatic carbocycles. The van der Waals surface area contributed by atoms with Crippen LogP contribution in [0.3, 0.4) is 0 Å². The Morgan fingerprint density at radius 2 is 2.07 bits per heavy atom. The second kappa shape index (κ2) is 8.57. The maximum Gasteiger partial charge on any atom is 0.230 e. The third-order valence-electron chi connectivity index (χ3n) is 4.47. The third kappa shape index (κ3) is 4.54. The largest absolute Gasteiger partial charge is 0.486 e. The van der Waals surface area contributed by atoms with Crippen LogP contribution in [0.15, 0.2) is 60.0 Å². The van der Waals surface area contributed by atoms with Crippen molar-refractivity contribution in [3.63, 3.8) is 0 Å². The molecule has 0 fully saturated rings. The molecular formula is C21H20FN3O3S. The number of nitrogens with zero attached hydrogens (tertiary/aromatic N) is 2. The molecule has 8 heteroatoms. The number of benzene rings is 2. The monoisotopic (exact) mass is 413 g/mol.